The van der Waals surface area contributed by atoms with Crippen LogP contribution in [0.4, 0.5) is 17.1 Å². The van der Waals surface area contributed by atoms with Crippen molar-refractivity contribution in [1.29, 1.82) is 5.26 Å². The Morgan fingerprint density at radius 2 is 1.88 bits per heavy atom. The number of nitrogens with two attached hydrogens (primary N) is 1. The van der Waals surface area contributed by atoms with Crippen molar-refractivity contribution in [3.8, 4) is 6.07 Å². The third-order valence-corrected chi connectivity index (χ3v) is 4.11. The first-order chi connectivity index (χ1) is 11.4. The van der Waals surface area contributed by atoms with Crippen molar-refractivity contribution in [2.45, 2.75) is 19.3 Å². The summed E-state index contributed by atoms with van der Waals surface area (Å²) in [7, 11) is 0. The zero-order valence-electron chi connectivity index (χ0n) is 13.3. The van der Waals surface area contributed by atoms with E-state index < -0.39 is 5.41 Å². The van der Waals surface area contributed by atoms with E-state index in [0.717, 1.165) is 22.3 Å². The molecule has 0 atom stereocenters. The highest BCUT2D eigenvalue weighted by atomic mass is 35.5. The topological polar surface area (TPSA) is 87.6 Å². The van der Waals surface area contributed by atoms with Gasteiger partial charge >= 0.3 is 0 Å². The van der Waals surface area contributed by atoms with Gasteiger partial charge in [-0.3, -0.25) is 4.98 Å². The summed E-state index contributed by atoms with van der Waals surface area (Å²) < 4.78 is 0. The van der Waals surface area contributed by atoms with Gasteiger partial charge < -0.3 is 11.1 Å². The quantitative estimate of drug-likeness (QED) is 0.691. The smallest absolute Gasteiger partial charge is 0.129 e. The summed E-state index contributed by atoms with van der Waals surface area (Å²) in [6, 6.07) is 11.7. The van der Waals surface area contributed by atoms with Crippen molar-refractivity contribution >= 4 is 39.6 Å². The molecule has 0 amide bonds. The van der Waals surface area contributed by atoms with Gasteiger partial charge in [-0.2, -0.15) is 5.26 Å². The van der Waals surface area contributed by atoms with E-state index in [4.69, 9.17) is 17.3 Å². The standard InChI is InChI=1S/C18H16ClN5/c1-18(2,10-20)11-3-5-12(6-4-11)24-17-13-7-16(19)23-9-15(13)22-8-14(17)21/h3-9H,21H2,1-2H3,(H,22,24). The molecular formula is C18H16ClN5. The van der Waals surface area contributed by atoms with Crippen molar-refractivity contribution in [1.82, 2.24) is 9.97 Å². The lowest BCUT2D eigenvalue weighted by Gasteiger charge is -2.17. The van der Waals surface area contributed by atoms with Crippen LogP contribution in [0.15, 0.2) is 42.7 Å². The molecule has 3 rings (SSSR count). The number of hydrogen-bond donors (Lipinski definition) is 2. The van der Waals surface area contributed by atoms with Gasteiger partial charge in [0.25, 0.3) is 0 Å². The van der Waals surface area contributed by atoms with Crippen LogP contribution in [0.1, 0.15) is 19.4 Å². The summed E-state index contributed by atoms with van der Waals surface area (Å²) in [5.41, 5.74) is 9.32. The molecule has 0 saturated heterocycles. The highest BCUT2D eigenvalue weighted by Gasteiger charge is 2.19. The third kappa shape index (κ3) is 2.97. The molecule has 1 aromatic carbocycles. The number of aromatic nitrogens is 2. The molecule has 3 aromatic rings. The van der Waals surface area contributed by atoms with Crippen LogP contribution in [-0.4, -0.2) is 9.97 Å². The highest BCUT2D eigenvalue weighted by molar-refractivity contribution is 6.30. The fourth-order valence-corrected chi connectivity index (χ4v) is 2.56. The molecule has 0 aliphatic heterocycles. The fraction of sp³-hybridized carbons (Fsp3) is 0.167. The van der Waals surface area contributed by atoms with E-state index in [0.29, 0.717) is 16.4 Å². The van der Waals surface area contributed by atoms with Crippen molar-refractivity contribution in [3.05, 3.63) is 53.4 Å². The number of nitrogen functional groups attached to an aromatic ring is 1. The van der Waals surface area contributed by atoms with Gasteiger partial charge in [0.1, 0.15) is 5.15 Å². The Kier molecular flexibility index (Phi) is 4.00. The van der Waals surface area contributed by atoms with Crippen molar-refractivity contribution in [3.63, 3.8) is 0 Å². The lowest BCUT2D eigenvalue weighted by Crippen LogP contribution is -2.13. The second kappa shape index (κ2) is 5.99. The molecule has 0 bridgehead atoms. The normalized spacial score (nSPS) is 11.2. The van der Waals surface area contributed by atoms with Crippen LogP contribution in [0.25, 0.3) is 10.9 Å². The van der Waals surface area contributed by atoms with Crippen LogP contribution in [0, 0.1) is 11.3 Å². The zero-order chi connectivity index (χ0) is 17.3. The lowest BCUT2D eigenvalue weighted by molar-refractivity contribution is 0.687. The number of pyridine rings is 2. The number of fused-ring (bicyclic) bond motifs is 1. The molecule has 120 valence electrons. The second-order valence-corrected chi connectivity index (χ2v) is 6.44. The van der Waals surface area contributed by atoms with Crippen LogP contribution >= 0.6 is 11.6 Å². The molecule has 2 heterocycles. The summed E-state index contributed by atoms with van der Waals surface area (Å²) >= 11 is 5.99. The van der Waals surface area contributed by atoms with Gasteiger partial charge in [0.05, 0.1) is 40.8 Å². The largest absolute Gasteiger partial charge is 0.396 e. The maximum atomic E-state index is 9.23. The fourth-order valence-electron chi connectivity index (χ4n) is 2.40. The maximum absolute atomic E-state index is 9.23. The number of hydrogen-bond acceptors (Lipinski definition) is 5. The summed E-state index contributed by atoms with van der Waals surface area (Å²) in [5.74, 6) is 0. The predicted molar refractivity (Wildman–Crippen MR) is 97.3 cm³/mol. The van der Waals surface area contributed by atoms with Crippen LogP contribution < -0.4 is 11.1 Å². The molecule has 0 radical (unpaired) electrons. The van der Waals surface area contributed by atoms with Gasteiger partial charge in [0.2, 0.25) is 0 Å². The average Bonchev–Trinajstić information content (AvgIpc) is 2.58. The molecule has 6 heteroatoms. The number of rotatable bonds is 3. The Morgan fingerprint density at radius 1 is 1.17 bits per heavy atom. The van der Waals surface area contributed by atoms with Crippen molar-refractivity contribution in [2.75, 3.05) is 11.1 Å². The molecular weight excluding hydrogens is 322 g/mol. The molecule has 0 saturated carbocycles. The van der Waals surface area contributed by atoms with Gasteiger partial charge in [0, 0.05) is 11.1 Å². The number of benzene rings is 1. The van der Waals surface area contributed by atoms with Crippen LogP contribution in [0.2, 0.25) is 5.15 Å². The third-order valence-electron chi connectivity index (χ3n) is 3.91. The molecule has 5 nitrogen and oxygen atoms in total. The van der Waals surface area contributed by atoms with Crippen LogP contribution in [0.3, 0.4) is 0 Å². The number of halogens is 1. The Hall–Kier alpha value is -2.84. The monoisotopic (exact) mass is 337 g/mol. The highest BCUT2D eigenvalue weighted by Crippen LogP contribution is 2.32. The average molecular weight is 338 g/mol. The van der Waals surface area contributed by atoms with Gasteiger partial charge in [-0.05, 0) is 37.6 Å². The van der Waals surface area contributed by atoms with Gasteiger partial charge in [-0.1, -0.05) is 23.7 Å². The van der Waals surface area contributed by atoms with Crippen molar-refractivity contribution < 1.29 is 0 Å². The second-order valence-electron chi connectivity index (χ2n) is 6.05. The number of nitrogens with zero attached hydrogens (tertiary/aromatic N) is 3. The molecule has 24 heavy (non-hydrogen) atoms. The van der Waals surface area contributed by atoms with Gasteiger partial charge in [-0.25, -0.2) is 4.98 Å². The van der Waals surface area contributed by atoms with Crippen LogP contribution in [-0.2, 0) is 5.41 Å². The summed E-state index contributed by atoms with van der Waals surface area (Å²) in [6.45, 7) is 3.78. The molecule has 0 fully saturated rings. The van der Waals surface area contributed by atoms with E-state index >= 15 is 0 Å². The number of nitriles is 1. The molecule has 0 unspecified atom stereocenters. The number of nitrogens with one attached hydrogen (secondary N) is 1. The van der Waals surface area contributed by atoms with E-state index in [2.05, 4.69) is 21.4 Å². The molecule has 0 spiro atoms. The zero-order valence-corrected chi connectivity index (χ0v) is 14.1. The summed E-state index contributed by atoms with van der Waals surface area (Å²) in [6.07, 6.45) is 3.20. The lowest BCUT2D eigenvalue weighted by atomic mass is 9.86. The van der Waals surface area contributed by atoms with E-state index in [1.54, 1.807) is 18.5 Å². The minimum atomic E-state index is -0.528. The van der Waals surface area contributed by atoms with E-state index in [9.17, 15) is 5.26 Å². The molecule has 2 aromatic heterocycles. The minimum absolute atomic E-state index is 0.379. The van der Waals surface area contributed by atoms with Gasteiger partial charge in [0.15, 0.2) is 0 Å². The maximum Gasteiger partial charge on any atom is 0.129 e. The van der Waals surface area contributed by atoms with E-state index in [1.807, 2.05) is 38.1 Å². The Balaban J connectivity index is 2.00. The first-order valence-corrected chi connectivity index (χ1v) is 7.77. The summed E-state index contributed by atoms with van der Waals surface area (Å²) in [5, 5.41) is 13.7. The Bertz CT molecular complexity index is 937. The number of anilines is 3. The molecule has 0 aliphatic carbocycles. The SMILES string of the molecule is CC(C)(C#N)c1ccc(Nc2c(N)cnc3cnc(Cl)cc23)cc1. The van der Waals surface area contributed by atoms with E-state index in [1.165, 1.54) is 0 Å². The molecule has 0 aliphatic rings. The first kappa shape index (κ1) is 16.0. The Labute approximate surface area is 145 Å². The molecule has 3 N–H and O–H groups in total. The Morgan fingerprint density at radius 3 is 2.54 bits per heavy atom. The summed E-state index contributed by atoms with van der Waals surface area (Å²) in [4.78, 5) is 8.30. The van der Waals surface area contributed by atoms with E-state index in [-0.39, 0.29) is 0 Å². The predicted octanol–water partition coefficient (Wildman–Crippen LogP) is 4.41. The minimum Gasteiger partial charge on any atom is -0.396 e. The van der Waals surface area contributed by atoms with Crippen molar-refractivity contribution in [2.24, 2.45) is 0 Å². The first-order valence-electron chi connectivity index (χ1n) is 7.39. The van der Waals surface area contributed by atoms with Gasteiger partial charge in [-0.15, -0.1) is 0 Å². The van der Waals surface area contributed by atoms with Crippen LogP contribution in [0.5, 0.6) is 0 Å².